The van der Waals surface area contributed by atoms with Gasteiger partial charge in [-0.1, -0.05) is 66.2 Å². The van der Waals surface area contributed by atoms with Crippen molar-refractivity contribution >= 4 is 28.5 Å². The van der Waals surface area contributed by atoms with Crippen LogP contribution in [0.1, 0.15) is 11.4 Å². The van der Waals surface area contributed by atoms with E-state index in [-0.39, 0.29) is 19.1 Å². The molecule has 1 heterocycles. The molecule has 0 radical (unpaired) electrons. The van der Waals surface area contributed by atoms with Crippen LogP contribution in [0.3, 0.4) is 0 Å². The number of carbonyl (C=O) groups excluding carboxylic acids is 1. The zero-order chi connectivity index (χ0) is 20.1. The van der Waals surface area contributed by atoms with E-state index in [1.807, 2.05) is 77.4 Å². The molecule has 0 aliphatic rings. The highest BCUT2D eigenvalue weighted by Gasteiger charge is 2.14. The van der Waals surface area contributed by atoms with E-state index in [1.165, 1.54) is 0 Å². The third kappa shape index (κ3) is 4.58. The molecule has 1 aromatic heterocycles. The van der Waals surface area contributed by atoms with Gasteiger partial charge in [-0.3, -0.25) is 4.79 Å². The number of benzene rings is 3. The van der Waals surface area contributed by atoms with Gasteiger partial charge in [-0.2, -0.15) is 0 Å². The molecule has 0 saturated carbocycles. The molecule has 0 bridgehead atoms. The fourth-order valence-corrected chi connectivity index (χ4v) is 3.30. The van der Waals surface area contributed by atoms with Crippen molar-refractivity contribution in [3.63, 3.8) is 0 Å². The first kappa shape index (κ1) is 19.0. The van der Waals surface area contributed by atoms with Crippen molar-refractivity contribution in [2.45, 2.75) is 19.7 Å². The topological polar surface area (TPSA) is 56.2 Å². The monoisotopic (exact) mass is 405 g/mol. The Morgan fingerprint density at radius 2 is 1.69 bits per heavy atom. The summed E-state index contributed by atoms with van der Waals surface area (Å²) in [5.41, 5.74) is 2.76. The summed E-state index contributed by atoms with van der Waals surface area (Å²) in [4.78, 5) is 17.2. The molecule has 0 fully saturated rings. The van der Waals surface area contributed by atoms with Crippen LogP contribution >= 0.6 is 11.6 Å². The fourth-order valence-electron chi connectivity index (χ4n) is 3.11. The van der Waals surface area contributed by atoms with Gasteiger partial charge in [0.2, 0.25) is 5.91 Å². The number of halogens is 1. The van der Waals surface area contributed by atoms with Crippen molar-refractivity contribution in [3.8, 4) is 5.75 Å². The van der Waals surface area contributed by atoms with Gasteiger partial charge in [-0.25, -0.2) is 4.98 Å². The molecule has 5 nitrogen and oxygen atoms in total. The third-order valence-electron chi connectivity index (χ3n) is 4.56. The number of fused-ring (bicyclic) bond motifs is 1. The molecule has 0 atom stereocenters. The second-order valence-electron chi connectivity index (χ2n) is 6.58. The summed E-state index contributed by atoms with van der Waals surface area (Å²) in [5, 5.41) is 3.50. The quantitative estimate of drug-likeness (QED) is 0.489. The molecule has 4 aromatic rings. The highest BCUT2D eigenvalue weighted by atomic mass is 35.5. The van der Waals surface area contributed by atoms with Gasteiger partial charge in [-0.15, -0.1) is 0 Å². The highest BCUT2D eigenvalue weighted by Crippen LogP contribution is 2.25. The van der Waals surface area contributed by atoms with Gasteiger partial charge in [0.25, 0.3) is 0 Å². The highest BCUT2D eigenvalue weighted by molar-refractivity contribution is 6.32. The first-order valence-electron chi connectivity index (χ1n) is 9.33. The molecule has 0 unspecified atom stereocenters. The minimum absolute atomic E-state index is 0.0870. The normalized spacial score (nSPS) is 10.8. The van der Waals surface area contributed by atoms with E-state index >= 15 is 0 Å². The Kier molecular flexibility index (Phi) is 5.77. The van der Waals surface area contributed by atoms with Crippen LogP contribution in [0.15, 0.2) is 78.9 Å². The maximum absolute atomic E-state index is 12.6. The average Bonchev–Trinajstić information content (AvgIpc) is 3.10. The predicted molar refractivity (Wildman–Crippen MR) is 114 cm³/mol. The lowest BCUT2D eigenvalue weighted by molar-refractivity contribution is -0.121. The Morgan fingerprint density at radius 1 is 0.966 bits per heavy atom. The maximum Gasteiger partial charge on any atom is 0.240 e. The SMILES string of the molecule is O=C(Cn1c(COc2ccccc2Cl)nc2ccccc21)NCc1ccccc1. The van der Waals surface area contributed by atoms with Crippen LogP contribution in [0.5, 0.6) is 5.75 Å². The number of hydrogen-bond donors (Lipinski definition) is 1. The Hall–Kier alpha value is -3.31. The molecule has 1 amide bonds. The molecule has 3 aromatic carbocycles. The first-order valence-corrected chi connectivity index (χ1v) is 9.70. The molecule has 146 valence electrons. The van der Waals surface area contributed by atoms with Crippen LogP contribution in [0, 0.1) is 0 Å². The van der Waals surface area contributed by atoms with Crippen molar-refractivity contribution in [1.82, 2.24) is 14.9 Å². The molecule has 29 heavy (non-hydrogen) atoms. The third-order valence-corrected chi connectivity index (χ3v) is 4.87. The van der Waals surface area contributed by atoms with Crippen LogP contribution in [-0.2, 0) is 24.5 Å². The van der Waals surface area contributed by atoms with Crippen LogP contribution in [-0.4, -0.2) is 15.5 Å². The van der Waals surface area contributed by atoms with Crippen LogP contribution < -0.4 is 10.1 Å². The van der Waals surface area contributed by atoms with Crippen molar-refractivity contribution in [1.29, 1.82) is 0 Å². The summed E-state index contributed by atoms with van der Waals surface area (Å²) < 4.78 is 7.74. The molecule has 0 aliphatic carbocycles. The van der Waals surface area contributed by atoms with E-state index in [0.717, 1.165) is 16.6 Å². The van der Waals surface area contributed by atoms with Crippen LogP contribution in [0.2, 0.25) is 5.02 Å². The van der Waals surface area contributed by atoms with Gasteiger partial charge in [0.15, 0.2) is 0 Å². The van der Waals surface area contributed by atoms with Gasteiger partial charge in [0, 0.05) is 6.54 Å². The maximum atomic E-state index is 12.6. The minimum atomic E-state index is -0.0870. The number of ether oxygens (including phenoxy) is 1. The van der Waals surface area contributed by atoms with Gasteiger partial charge < -0.3 is 14.6 Å². The number of imidazole rings is 1. The van der Waals surface area contributed by atoms with Gasteiger partial charge >= 0.3 is 0 Å². The molecule has 6 heteroatoms. The molecular formula is C23H20ClN3O2. The number of carbonyl (C=O) groups is 1. The number of hydrogen-bond acceptors (Lipinski definition) is 3. The smallest absolute Gasteiger partial charge is 0.240 e. The summed E-state index contributed by atoms with van der Waals surface area (Å²) in [5.74, 6) is 1.17. The van der Waals surface area contributed by atoms with Gasteiger partial charge in [0.1, 0.15) is 24.7 Å². The first-order chi connectivity index (χ1) is 14.2. The number of nitrogens with zero attached hydrogens (tertiary/aromatic N) is 2. The van der Waals surface area contributed by atoms with E-state index < -0.39 is 0 Å². The summed E-state index contributed by atoms with van der Waals surface area (Å²) >= 11 is 6.18. The van der Waals surface area contributed by atoms with Crippen LogP contribution in [0.4, 0.5) is 0 Å². The van der Waals surface area contributed by atoms with E-state index in [2.05, 4.69) is 10.3 Å². The Morgan fingerprint density at radius 3 is 2.52 bits per heavy atom. The van der Waals surface area contributed by atoms with Gasteiger partial charge in [0.05, 0.1) is 16.1 Å². The summed E-state index contributed by atoms with van der Waals surface area (Å²) in [7, 11) is 0. The van der Waals surface area contributed by atoms with Crippen molar-refractivity contribution < 1.29 is 9.53 Å². The molecule has 0 spiro atoms. The van der Waals surface area contributed by atoms with E-state index in [1.54, 1.807) is 6.07 Å². The Labute approximate surface area is 173 Å². The van der Waals surface area contributed by atoms with E-state index in [0.29, 0.717) is 23.1 Å². The molecule has 0 saturated heterocycles. The summed E-state index contributed by atoms with van der Waals surface area (Å²) in [6, 6.07) is 24.8. The average molecular weight is 406 g/mol. The molecule has 4 rings (SSSR count). The second-order valence-corrected chi connectivity index (χ2v) is 6.99. The zero-order valence-electron chi connectivity index (χ0n) is 15.7. The van der Waals surface area contributed by atoms with E-state index in [4.69, 9.17) is 16.3 Å². The summed E-state index contributed by atoms with van der Waals surface area (Å²) in [6.45, 7) is 0.858. The largest absolute Gasteiger partial charge is 0.484 e. The Bertz CT molecular complexity index is 1130. The summed E-state index contributed by atoms with van der Waals surface area (Å²) in [6.07, 6.45) is 0. The van der Waals surface area contributed by atoms with Crippen molar-refractivity contribution in [3.05, 3.63) is 95.3 Å². The number of nitrogens with one attached hydrogen (secondary N) is 1. The number of rotatable bonds is 7. The van der Waals surface area contributed by atoms with Crippen molar-refractivity contribution in [2.24, 2.45) is 0 Å². The molecule has 1 N–H and O–H groups in total. The lowest BCUT2D eigenvalue weighted by Gasteiger charge is -2.12. The van der Waals surface area contributed by atoms with Crippen LogP contribution in [0.25, 0.3) is 11.0 Å². The molecule has 0 aliphatic heterocycles. The van der Waals surface area contributed by atoms with Gasteiger partial charge in [-0.05, 0) is 29.8 Å². The number of aromatic nitrogens is 2. The van der Waals surface area contributed by atoms with E-state index in [9.17, 15) is 4.79 Å². The Balaban J connectivity index is 1.51. The lowest BCUT2D eigenvalue weighted by atomic mass is 10.2. The zero-order valence-corrected chi connectivity index (χ0v) is 16.5. The lowest BCUT2D eigenvalue weighted by Crippen LogP contribution is -2.28. The molecular weight excluding hydrogens is 386 g/mol. The standard InChI is InChI=1S/C23H20ClN3O2/c24-18-10-4-7-13-21(18)29-16-22-26-19-11-5-6-12-20(19)27(22)15-23(28)25-14-17-8-2-1-3-9-17/h1-13H,14-16H2,(H,25,28). The predicted octanol–water partition coefficient (Wildman–Crippen LogP) is 4.59. The minimum Gasteiger partial charge on any atom is -0.484 e. The number of amides is 1. The van der Waals surface area contributed by atoms with Crippen molar-refractivity contribution in [2.75, 3.05) is 0 Å². The number of para-hydroxylation sites is 3. The second kappa shape index (κ2) is 8.80. The fraction of sp³-hybridized carbons (Fsp3) is 0.130.